The van der Waals surface area contributed by atoms with E-state index in [2.05, 4.69) is 30.5 Å². The Hall–Kier alpha value is -3.94. The van der Waals surface area contributed by atoms with E-state index in [-0.39, 0.29) is 55.8 Å². The van der Waals surface area contributed by atoms with Gasteiger partial charge in [-0.15, -0.1) is 6.58 Å². The summed E-state index contributed by atoms with van der Waals surface area (Å²) in [6.07, 6.45) is 12.5. The van der Waals surface area contributed by atoms with E-state index in [0.717, 1.165) is 105 Å². The molecule has 328 valence electrons. The molecule has 12 nitrogen and oxygen atoms in total. The molecule has 2 N–H and O–H groups in total. The quantitative estimate of drug-likeness (QED) is 0.0521. The standard InChI is InChI=1S/C48H67N3O9/c1-4-20-51(44(54)30-34-13-12-15-36(29-34)55-3)43-33-41(49-60-45-17-8-11-27-57-45)39-31-35(14-6-9-24-52)38(16-7-10-25-53)46-40-32-37(56-28-23-50-21-22-50)18-19-42(40)59-48(43,47(39)46)58-26-5-2/h5,12-13,15,18-19,29,31-32,35,38,43,45-47,52-53H,2,4,6-11,14,16-17,20-28,30,33H2,1,3H3/t35-,38+,43-,45?,46+,47+,48+/m0/s1. The number of nitrogens with zero attached hydrogens (tertiary/aromatic N) is 3. The summed E-state index contributed by atoms with van der Waals surface area (Å²) in [5, 5.41) is 24.9. The lowest BCUT2D eigenvalue weighted by atomic mass is 9.55. The van der Waals surface area contributed by atoms with Gasteiger partial charge < -0.3 is 43.6 Å². The Bertz CT molecular complexity index is 1790. The fraction of sp³-hybridized carbons (Fsp3) is 0.625. The first-order valence-corrected chi connectivity index (χ1v) is 22.6. The van der Waals surface area contributed by atoms with Crippen molar-refractivity contribution >= 4 is 11.6 Å². The van der Waals surface area contributed by atoms with Gasteiger partial charge in [-0.05, 0) is 98.2 Å². The lowest BCUT2D eigenvalue weighted by molar-refractivity contribution is -0.257. The van der Waals surface area contributed by atoms with Crippen molar-refractivity contribution in [1.29, 1.82) is 0 Å². The van der Waals surface area contributed by atoms with Crippen molar-refractivity contribution in [1.82, 2.24) is 9.80 Å². The second-order valence-electron chi connectivity index (χ2n) is 17.0. The van der Waals surface area contributed by atoms with E-state index in [0.29, 0.717) is 44.8 Å². The molecule has 2 saturated heterocycles. The zero-order valence-electron chi connectivity index (χ0n) is 35.8. The summed E-state index contributed by atoms with van der Waals surface area (Å²) in [6, 6.07) is 13.3. The number of aliphatic hydroxyl groups is 2. The molecule has 60 heavy (non-hydrogen) atoms. The summed E-state index contributed by atoms with van der Waals surface area (Å²) in [5.41, 5.74) is 3.70. The summed E-state index contributed by atoms with van der Waals surface area (Å²) >= 11 is 0. The Kier molecular flexibility index (Phi) is 15.6. The molecule has 0 spiro atoms. The van der Waals surface area contributed by atoms with Gasteiger partial charge in [-0.25, -0.2) is 0 Å². The van der Waals surface area contributed by atoms with E-state index in [1.807, 2.05) is 41.3 Å². The maximum absolute atomic E-state index is 14.9. The average Bonchev–Trinajstić information content (AvgIpc) is 4.10. The molecule has 2 aliphatic carbocycles. The molecule has 5 aliphatic rings. The number of carbonyl (C=O) groups excluding carboxylic acids is 1. The fourth-order valence-corrected chi connectivity index (χ4v) is 10.00. The number of hydrogen-bond acceptors (Lipinski definition) is 11. The van der Waals surface area contributed by atoms with Crippen LogP contribution in [0.4, 0.5) is 0 Å². The van der Waals surface area contributed by atoms with E-state index in [4.69, 9.17) is 33.7 Å². The highest BCUT2D eigenvalue weighted by molar-refractivity contribution is 6.03. The number of allylic oxidation sites excluding steroid dienone is 1. The highest BCUT2D eigenvalue weighted by Crippen LogP contribution is 2.62. The number of oxime groups is 1. The van der Waals surface area contributed by atoms with Gasteiger partial charge in [0.2, 0.25) is 18.0 Å². The molecule has 0 bridgehead atoms. The van der Waals surface area contributed by atoms with Crippen molar-refractivity contribution < 1.29 is 43.5 Å². The number of rotatable bonds is 23. The molecule has 1 saturated carbocycles. The van der Waals surface area contributed by atoms with Gasteiger partial charge in [0.15, 0.2) is 0 Å². The normalized spacial score (nSPS) is 27.5. The molecule has 2 aromatic carbocycles. The van der Waals surface area contributed by atoms with Crippen LogP contribution in [0.1, 0.15) is 94.6 Å². The number of fused-ring (bicyclic) bond motifs is 2. The molecule has 7 rings (SSSR count). The van der Waals surface area contributed by atoms with Crippen LogP contribution in [0.25, 0.3) is 0 Å². The van der Waals surface area contributed by atoms with E-state index >= 15 is 0 Å². The monoisotopic (exact) mass is 829 g/mol. The molecule has 0 radical (unpaired) electrons. The van der Waals surface area contributed by atoms with Crippen molar-refractivity contribution in [2.45, 2.75) is 108 Å². The number of ether oxygens (including phenoxy) is 5. The Morgan fingerprint density at radius 2 is 1.90 bits per heavy atom. The summed E-state index contributed by atoms with van der Waals surface area (Å²) in [7, 11) is 1.63. The molecule has 3 aliphatic heterocycles. The first-order chi connectivity index (χ1) is 29.4. The van der Waals surface area contributed by atoms with Crippen molar-refractivity contribution in [3.8, 4) is 17.2 Å². The second kappa shape index (κ2) is 21.2. The molecule has 7 atom stereocenters. The Morgan fingerprint density at radius 1 is 1.07 bits per heavy atom. The third kappa shape index (κ3) is 10.2. The van der Waals surface area contributed by atoms with Gasteiger partial charge in [-0.2, -0.15) is 0 Å². The van der Waals surface area contributed by atoms with Crippen LogP contribution in [-0.4, -0.2) is 116 Å². The summed E-state index contributed by atoms with van der Waals surface area (Å²) in [5.74, 6) is 0.602. The number of unbranched alkanes of at least 4 members (excludes halogenated alkanes) is 2. The average molecular weight is 830 g/mol. The summed E-state index contributed by atoms with van der Waals surface area (Å²) in [4.78, 5) is 25.5. The minimum Gasteiger partial charge on any atom is -0.497 e. The Balaban J connectivity index is 1.39. The van der Waals surface area contributed by atoms with E-state index in [1.165, 1.54) is 0 Å². The molecule has 3 fully saturated rings. The number of hydrogen-bond donors (Lipinski definition) is 2. The zero-order chi connectivity index (χ0) is 41.9. The van der Waals surface area contributed by atoms with Crippen LogP contribution in [0, 0.1) is 17.8 Å². The van der Waals surface area contributed by atoms with E-state index < -0.39 is 18.1 Å². The highest BCUT2D eigenvalue weighted by Gasteiger charge is 2.65. The Labute approximate surface area is 356 Å². The van der Waals surface area contributed by atoms with Crippen molar-refractivity contribution in [2.75, 3.05) is 66.3 Å². The SMILES string of the molecule is C=CCO[C@@]12Oc3ccc(OCCN4CC4)cc3[C@H]3[C@H](CCCCO)[C@@H](CCCCO)C=C(C(=NOC4CCCCO4)C[C@@H]1N(CCC)C(=O)Cc1cccc(OC)c1)[C@H]32. The zero-order valence-corrected chi connectivity index (χ0v) is 35.8. The van der Waals surface area contributed by atoms with Crippen LogP contribution >= 0.6 is 0 Å². The lowest BCUT2D eigenvalue weighted by Crippen LogP contribution is -2.70. The van der Waals surface area contributed by atoms with E-state index in [9.17, 15) is 15.0 Å². The van der Waals surface area contributed by atoms with Gasteiger partial charge in [0.25, 0.3) is 0 Å². The molecule has 2 aromatic rings. The van der Waals surface area contributed by atoms with Crippen LogP contribution in [0.2, 0.25) is 0 Å². The van der Waals surface area contributed by atoms with Gasteiger partial charge >= 0.3 is 0 Å². The van der Waals surface area contributed by atoms with Crippen molar-refractivity contribution in [2.24, 2.45) is 22.9 Å². The molecular formula is C48H67N3O9. The number of carbonyl (C=O) groups is 1. The molecule has 0 aromatic heterocycles. The Morgan fingerprint density at radius 3 is 2.63 bits per heavy atom. The third-order valence-electron chi connectivity index (χ3n) is 12.9. The smallest absolute Gasteiger partial charge is 0.239 e. The number of amides is 1. The lowest BCUT2D eigenvalue weighted by Gasteiger charge is -2.60. The largest absolute Gasteiger partial charge is 0.497 e. The van der Waals surface area contributed by atoms with E-state index in [1.54, 1.807) is 13.2 Å². The van der Waals surface area contributed by atoms with Crippen LogP contribution in [-0.2, 0) is 25.5 Å². The van der Waals surface area contributed by atoms with Crippen LogP contribution < -0.4 is 14.2 Å². The first-order valence-electron chi connectivity index (χ1n) is 22.6. The number of aliphatic hydroxyl groups excluding tert-OH is 2. The van der Waals surface area contributed by atoms with Crippen molar-refractivity contribution in [3.63, 3.8) is 0 Å². The number of methoxy groups -OCH3 is 1. The molecule has 12 heteroatoms. The predicted octanol–water partition coefficient (Wildman–Crippen LogP) is 7.03. The highest BCUT2D eigenvalue weighted by atomic mass is 16.8. The third-order valence-corrected chi connectivity index (χ3v) is 12.9. The molecule has 1 unspecified atom stereocenters. The minimum absolute atomic E-state index is 0.0433. The van der Waals surface area contributed by atoms with Crippen LogP contribution in [0.5, 0.6) is 17.2 Å². The van der Waals surface area contributed by atoms with Gasteiger partial charge in [-0.1, -0.05) is 49.2 Å². The first kappa shape index (κ1) is 44.1. The predicted molar refractivity (Wildman–Crippen MR) is 230 cm³/mol. The maximum Gasteiger partial charge on any atom is 0.239 e. The van der Waals surface area contributed by atoms with Crippen LogP contribution in [0.15, 0.2) is 71.9 Å². The summed E-state index contributed by atoms with van der Waals surface area (Å²) in [6.45, 7) is 11.4. The van der Waals surface area contributed by atoms with Gasteiger partial charge in [-0.3, -0.25) is 9.69 Å². The second-order valence-corrected chi connectivity index (χ2v) is 17.0. The fourth-order valence-electron chi connectivity index (χ4n) is 10.00. The summed E-state index contributed by atoms with van der Waals surface area (Å²) < 4.78 is 32.5. The molecule has 3 heterocycles. The van der Waals surface area contributed by atoms with Crippen molar-refractivity contribution in [3.05, 3.63) is 77.9 Å². The molecular weight excluding hydrogens is 763 g/mol. The van der Waals surface area contributed by atoms with Gasteiger partial charge in [0.05, 0.1) is 38.4 Å². The maximum atomic E-state index is 14.9. The number of benzene rings is 2. The topological polar surface area (TPSA) is 132 Å². The van der Waals surface area contributed by atoms with Gasteiger partial charge in [0.1, 0.15) is 29.9 Å². The minimum atomic E-state index is -1.32. The van der Waals surface area contributed by atoms with Crippen LogP contribution in [0.3, 0.4) is 0 Å². The molecule has 1 amide bonds. The van der Waals surface area contributed by atoms with Gasteiger partial charge in [0, 0.05) is 63.7 Å².